The van der Waals surface area contributed by atoms with Crippen LogP contribution in [0.15, 0.2) is 46.1 Å². The standard InChI is InChI=1S/C16H15N7O2S/c1-9(2)12(14-20-13(22-25-14)10-3-6-17-7-4-10)19-15-21-23-11(24)5-8-18-16(23)26-15/h3-9,12H,1-2H3,(H,19,21). The van der Waals surface area contributed by atoms with Crippen LogP contribution in [0.4, 0.5) is 5.13 Å². The molecule has 132 valence electrons. The Morgan fingerprint density at radius 2 is 2.00 bits per heavy atom. The van der Waals surface area contributed by atoms with Crippen LogP contribution in [-0.2, 0) is 0 Å². The van der Waals surface area contributed by atoms with Crippen molar-refractivity contribution in [3.63, 3.8) is 0 Å². The molecule has 4 heterocycles. The number of hydrogen-bond acceptors (Lipinski definition) is 9. The summed E-state index contributed by atoms with van der Waals surface area (Å²) < 4.78 is 6.73. The Kier molecular flexibility index (Phi) is 4.17. The maximum Gasteiger partial charge on any atom is 0.275 e. The van der Waals surface area contributed by atoms with Crippen molar-refractivity contribution in [2.45, 2.75) is 19.9 Å². The monoisotopic (exact) mass is 369 g/mol. The first-order valence-corrected chi connectivity index (χ1v) is 8.79. The number of hydrogen-bond donors (Lipinski definition) is 1. The molecule has 1 atom stereocenters. The first kappa shape index (κ1) is 16.3. The molecule has 0 aliphatic rings. The van der Waals surface area contributed by atoms with Crippen LogP contribution in [0.5, 0.6) is 0 Å². The van der Waals surface area contributed by atoms with Crippen LogP contribution in [0.25, 0.3) is 16.3 Å². The minimum absolute atomic E-state index is 0.150. The van der Waals surface area contributed by atoms with E-state index in [9.17, 15) is 4.79 Å². The largest absolute Gasteiger partial charge is 0.348 e. The van der Waals surface area contributed by atoms with Crippen molar-refractivity contribution in [2.24, 2.45) is 5.92 Å². The van der Waals surface area contributed by atoms with E-state index < -0.39 is 0 Å². The zero-order chi connectivity index (χ0) is 18.1. The van der Waals surface area contributed by atoms with E-state index >= 15 is 0 Å². The smallest absolute Gasteiger partial charge is 0.275 e. The van der Waals surface area contributed by atoms with E-state index in [4.69, 9.17) is 4.52 Å². The molecule has 4 aromatic rings. The van der Waals surface area contributed by atoms with Gasteiger partial charge >= 0.3 is 0 Å². The van der Waals surface area contributed by atoms with Gasteiger partial charge < -0.3 is 9.84 Å². The van der Waals surface area contributed by atoms with Gasteiger partial charge in [-0.15, -0.1) is 5.10 Å². The zero-order valence-electron chi connectivity index (χ0n) is 14.0. The summed E-state index contributed by atoms with van der Waals surface area (Å²) in [6.45, 7) is 4.07. The molecule has 0 amide bonds. The molecule has 1 unspecified atom stereocenters. The van der Waals surface area contributed by atoms with Crippen molar-refractivity contribution in [3.05, 3.63) is 53.0 Å². The van der Waals surface area contributed by atoms with E-state index in [-0.39, 0.29) is 17.5 Å². The van der Waals surface area contributed by atoms with Gasteiger partial charge in [0.05, 0.1) is 0 Å². The van der Waals surface area contributed by atoms with Gasteiger partial charge in [-0.2, -0.15) is 9.50 Å². The lowest BCUT2D eigenvalue weighted by molar-refractivity contribution is 0.336. The number of aromatic nitrogens is 6. The van der Waals surface area contributed by atoms with Crippen LogP contribution in [-0.4, -0.2) is 29.7 Å². The van der Waals surface area contributed by atoms with Crippen LogP contribution in [0.2, 0.25) is 0 Å². The Bertz CT molecular complexity index is 1090. The maximum absolute atomic E-state index is 11.8. The number of nitrogens with one attached hydrogen (secondary N) is 1. The fourth-order valence-electron chi connectivity index (χ4n) is 2.43. The summed E-state index contributed by atoms with van der Waals surface area (Å²) in [5.74, 6) is 1.10. The van der Waals surface area contributed by atoms with Crippen LogP contribution >= 0.6 is 11.3 Å². The molecule has 0 saturated heterocycles. The van der Waals surface area contributed by atoms with Crippen molar-refractivity contribution in [1.82, 2.24) is 29.7 Å². The molecular weight excluding hydrogens is 354 g/mol. The molecule has 0 fully saturated rings. The van der Waals surface area contributed by atoms with Gasteiger partial charge in [0, 0.05) is 30.2 Å². The number of fused-ring (bicyclic) bond motifs is 1. The summed E-state index contributed by atoms with van der Waals surface area (Å²) in [4.78, 5) is 25.0. The molecule has 0 aliphatic carbocycles. The van der Waals surface area contributed by atoms with E-state index in [2.05, 4.69) is 30.5 Å². The SMILES string of the molecule is CC(C)C(Nc1nn2c(=O)ccnc2s1)c1nc(-c2ccncc2)no1. The molecular formula is C16H15N7O2S. The Labute approximate surface area is 151 Å². The Balaban J connectivity index is 1.64. The van der Waals surface area contributed by atoms with Crippen molar-refractivity contribution in [1.29, 1.82) is 0 Å². The van der Waals surface area contributed by atoms with Crippen molar-refractivity contribution in [3.8, 4) is 11.4 Å². The van der Waals surface area contributed by atoms with E-state index in [0.717, 1.165) is 5.56 Å². The second-order valence-electron chi connectivity index (χ2n) is 5.94. The summed E-state index contributed by atoms with van der Waals surface area (Å²) in [5.41, 5.74) is 0.603. The van der Waals surface area contributed by atoms with E-state index in [1.54, 1.807) is 12.4 Å². The molecule has 1 N–H and O–H groups in total. The molecule has 9 nitrogen and oxygen atoms in total. The average Bonchev–Trinajstić information content (AvgIpc) is 3.28. The number of pyridine rings is 1. The molecule has 4 rings (SSSR count). The minimum Gasteiger partial charge on any atom is -0.348 e. The van der Waals surface area contributed by atoms with Gasteiger partial charge in [-0.25, -0.2) is 4.98 Å². The van der Waals surface area contributed by atoms with Crippen molar-refractivity contribution in [2.75, 3.05) is 5.32 Å². The second kappa shape index (κ2) is 6.64. The third kappa shape index (κ3) is 3.06. The van der Waals surface area contributed by atoms with E-state index in [1.165, 1.54) is 28.1 Å². The summed E-state index contributed by atoms with van der Waals surface area (Å²) in [6.07, 6.45) is 4.82. The lowest BCUT2D eigenvalue weighted by Gasteiger charge is -2.17. The van der Waals surface area contributed by atoms with Crippen LogP contribution < -0.4 is 10.9 Å². The second-order valence-corrected chi connectivity index (χ2v) is 6.90. The molecule has 26 heavy (non-hydrogen) atoms. The number of anilines is 1. The predicted molar refractivity (Wildman–Crippen MR) is 95.9 cm³/mol. The molecule has 0 radical (unpaired) electrons. The molecule has 0 aliphatic heterocycles. The highest BCUT2D eigenvalue weighted by molar-refractivity contribution is 7.20. The van der Waals surface area contributed by atoms with Crippen LogP contribution in [0, 0.1) is 5.92 Å². The van der Waals surface area contributed by atoms with Crippen molar-refractivity contribution >= 4 is 21.4 Å². The fourth-order valence-corrected chi connectivity index (χ4v) is 3.24. The summed E-state index contributed by atoms with van der Waals surface area (Å²) in [7, 11) is 0. The highest BCUT2D eigenvalue weighted by Gasteiger charge is 2.24. The topological polar surface area (TPSA) is 111 Å². The van der Waals surface area contributed by atoms with Gasteiger partial charge in [0.2, 0.25) is 21.8 Å². The highest BCUT2D eigenvalue weighted by Crippen LogP contribution is 2.28. The first-order chi connectivity index (χ1) is 12.6. The van der Waals surface area contributed by atoms with E-state index in [0.29, 0.717) is 21.8 Å². The maximum atomic E-state index is 11.8. The van der Waals surface area contributed by atoms with Crippen LogP contribution in [0.3, 0.4) is 0 Å². The van der Waals surface area contributed by atoms with Gasteiger partial charge in [-0.05, 0) is 18.1 Å². The fraction of sp³-hybridized carbons (Fsp3) is 0.250. The summed E-state index contributed by atoms with van der Waals surface area (Å²) in [5, 5.41) is 12.2. The molecule has 10 heteroatoms. The lowest BCUT2D eigenvalue weighted by atomic mass is 10.0. The third-order valence-corrected chi connectivity index (χ3v) is 4.62. The molecule has 0 saturated carbocycles. The minimum atomic E-state index is -0.255. The molecule has 0 aromatic carbocycles. The Hall–Kier alpha value is -3.14. The van der Waals surface area contributed by atoms with Gasteiger partial charge in [0.1, 0.15) is 6.04 Å². The number of rotatable bonds is 5. The predicted octanol–water partition coefficient (Wildman–Crippen LogP) is 2.41. The quantitative estimate of drug-likeness (QED) is 0.571. The summed E-state index contributed by atoms with van der Waals surface area (Å²) in [6, 6.07) is 4.75. The lowest BCUT2D eigenvalue weighted by Crippen LogP contribution is -2.18. The summed E-state index contributed by atoms with van der Waals surface area (Å²) >= 11 is 1.29. The van der Waals surface area contributed by atoms with Gasteiger partial charge in [-0.3, -0.25) is 9.78 Å². The Morgan fingerprint density at radius 3 is 2.73 bits per heavy atom. The third-order valence-electron chi connectivity index (χ3n) is 3.76. The first-order valence-electron chi connectivity index (χ1n) is 7.97. The normalized spacial score (nSPS) is 12.6. The van der Waals surface area contributed by atoms with Crippen LogP contribution in [0.1, 0.15) is 25.8 Å². The molecule has 0 bridgehead atoms. The average molecular weight is 369 g/mol. The van der Waals surface area contributed by atoms with Gasteiger partial charge in [0.15, 0.2) is 0 Å². The molecule has 4 aromatic heterocycles. The van der Waals surface area contributed by atoms with Gasteiger partial charge in [-0.1, -0.05) is 30.3 Å². The van der Waals surface area contributed by atoms with Crippen molar-refractivity contribution < 1.29 is 4.52 Å². The van der Waals surface area contributed by atoms with E-state index in [1.807, 2.05) is 26.0 Å². The highest BCUT2D eigenvalue weighted by atomic mass is 32.1. The Morgan fingerprint density at radius 1 is 1.19 bits per heavy atom. The number of nitrogens with zero attached hydrogens (tertiary/aromatic N) is 6. The zero-order valence-corrected chi connectivity index (χ0v) is 14.8. The molecule has 0 spiro atoms. The van der Waals surface area contributed by atoms with Gasteiger partial charge in [0.25, 0.3) is 5.56 Å².